The summed E-state index contributed by atoms with van der Waals surface area (Å²) < 4.78 is 45.9. The molecular weight excluding hydrogens is 542 g/mol. The van der Waals surface area contributed by atoms with Gasteiger partial charge in [0.25, 0.3) is 5.91 Å². The fraction of sp³-hybridized carbons (Fsp3) is 0.222. The van der Waals surface area contributed by atoms with E-state index in [0.29, 0.717) is 23.6 Å². The molecule has 12 heteroatoms. The molecule has 1 amide bonds. The fourth-order valence-electron chi connectivity index (χ4n) is 4.12. The molecule has 1 aliphatic heterocycles. The SMILES string of the molecule is CCN(Cc1ccccc1)S(=O)(=O)c1ccc(C(=O)N=c2sc3cc4c(cc3n2CC(=O)OC)OCO4)cc1. The molecule has 3 aromatic carbocycles. The van der Waals surface area contributed by atoms with Gasteiger partial charge in [-0.15, -0.1) is 0 Å². The van der Waals surface area contributed by atoms with E-state index in [1.165, 1.54) is 47.0 Å². The van der Waals surface area contributed by atoms with E-state index in [-0.39, 0.29) is 35.1 Å². The molecule has 0 saturated heterocycles. The molecule has 0 spiro atoms. The molecule has 0 saturated carbocycles. The lowest BCUT2D eigenvalue weighted by Gasteiger charge is -2.20. The summed E-state index contributed by atoms with van der Waals surface area (Å²) in [5, 5.41) is 0. The van der Waals surface area contributed by atoms with Gasteiger partial charge in [-0.3, -0.25) is 9.59 Å². The first-order chi connectivity index (χ1) is 18.8. The van der Waals surface area contributed by atoms with Crippen LogP contribution in [0.4, 0.5) is 0 Å². The van der Waals surface area contributed by atoms with Gasteiger partial charge in [0, 0.05) is 30.8 Å². The third-order valence-electron chi connectivity index (χ3n) is 6.18. The van der Waals surface area contributed by atoms with Crippen molar-refractivity contribution in [2.24, 2.45) is 4.99 Å². The molecule has 39 heavy (non-hydrogen) atoms. The zero-order valence-corrected chi connectivity index (χ0v) is 22.8. The number of thiazole rings is 1. The summed E-state index contributed by atoms with van der Waals surface area (Å²) in [6, 6.07) is 18.5. The van der Waals surface area contributed by atoms with E-state index < -0.39 is 21.9 Å². The standard InChI is InChI=1S/C27H25N3O7S2/c1-3-29(15-18-7-5-4-6-8-18)39(33,34)20-11-9-19(10-12-20)26(32)28-27-30(16-25(31)35-2)21-13-22-23(37-17-36-22)14-24(21)38-27/h4-14H,3,15-17H2,1-2H3. The van der Waals surface area contributed by atoms with E-state index in [0.717, 1.165) is 10.3 Å². The van der Waals surface area contributed by atoms with Crippen LogP contribution in [0.15, 0.2) is 76.6 Å². The summed E-state index contributed by atoms with van der Waals surface area (Å²) in [6.45, 7) is 2.25. The highest BCUT2D eigenvalue weighted by Crippen LogP contribution is 2.37. The van der Waals surface area contributed by atoms with Crippen molar-refractivity contribution in [2.45, 2.75) is 24.9 Å². The van der Waals surface area contributed by atoms with Gasteiger partial charge in [-0.1, -0.05) is 48.6 Å². The van der Waals surface area contributed by atoms with E-state index in [1.54, 1.807) is 23.6 Å². The van der Waals surface area contributed by atoms with Gasteiger partial charge < -0.3 is 18.8 Å². The van der Waals surface area contributed by atoms with Crippen molar-refractivity contribution in [3.63, 3.8) is 0 Å². The first-order valence-electron chi connectivity index (χ1n) is 12.0. The number of esters is 1. The highest BCUT2D eigenvalue weighted by molar-refractivity contribution is 7.89. The van der Waals surface area contributed by atoms with E-state index in [9.17, 15) is 18.0 Å². The topological polar surface area (TPSA) is 117 Å². The minimum atomic E-state index is -3.78. The molecule has 0 fully saturated rings. The van der Waals surface area contributed by atoms with E-state index >= 15 is 0 Å². The van der Waals surface area contributed by atoms with Crippen LogP contribution < -0.4 is 14.3 Å². The van der Waals surface area contributed by atoms with Crippen molar-refractivity contribution in [3.8, 4) is 11.5 Å². The van der Waals surface area contributed by atoms with Crippen LogP contribution in [-0.2, 0) is 32.6 Å². The maximum absolute atomic E-state index is 13.3. The second kappa shape index (κ2) is 11.0. The Hall–Kier alpha value is -4.00. The molecule has 4 aromatic rings. The van der Waals surface area contributed by atoms with E-state index in [1.807, 2.05) is 30.3 Å². The first kappa shape index (κ1) is 26.6. The number of hydrogen-bond donors (Lipinski definition) is 0. The molecule has 5 rings (SSSR count). The molecule has 0 unspecified atom stereocenters. The number of hydrogen-bond acceptors (Lipinski definition) is 8. The highest BCUT2D eigenvalue weighted by Gasteiger charge is 2.24. The van der Waals surface area contributed by atoms with Crippen molar-refractivity contribution >= 4 is 43.5 Å². The summed E-state index contributed by atoms with van der Waals surface area (Å²) in [4.78, 5) is 29.8. The van der Waals surface area contributed by atoms with Gasteiger partial charge in [0.2, 0.25) is 16.8 Å². The van der Waals surface area contributed by atoms with Crippen molar-refractivity contribution < 1.29 is 32.2 Å². The Bertz CT molecular complexity index is 1710. The zero-order chi connectivity index (χ0) is 27.6. The molecule has 0 radical (unpaired) electrons. The number of aromatic nitrogens is 1. The number of ether oxygens (including phenoxy) is 3. The Morgan fingerprint density at radius 2 is 1.74 bits per heavy atom. The number of fused-ring (bicyclic) bond motifs is 2. The van der Waals surface area contributed by atoms with Crippen molar-refractivity contribution in [1.29, 1.82) is 0 Å². The molecule has 0 atom stereocenters. The molecule has 202 valence electrons. The number of nitrogens with zero attached hydrogens (tertiary/aromatic N) is 3. The number of rotatable bonds is 8. The van der Waals surface area contributed by atoms with Gasteiger partial charge >= 0.3 is 5.97 Å². The van der Waals surface area contributed by atoms with Crippen LogP contribution in [0.1, 0.15) is 22.8 Å². The number of amides is 1. The quantitative estimate of drug-likeness (QED) is 0.299. The number of methoxy groups -OCH3 is 1. The van der Waals surface area contributed by atoms with Crippen LogP contribution in [-0.4, -0.2) is 49.6 Å². The average Bonchev–Trinajstić information content (AvgIpc) is 3.54. The number of sulfonamides is 1. The van der Waals surface area contributed by atoms with Crippen LogP contribution in [0, 0.1) is 0 Å². The summed E-state index contributed by atoms with van der Waals surface area (Å²) in [7, 11) is -2.50. The van der Waals surface area contributed by atoms with Crippen molar-refractivity contribution in [3.05, 3.63) is 82.7 Å². The third kappa shape index (κ3) is 5.44. The van der Waals surface area contributed by atoms with Gasteiger partial charge in [-0.25, -0.2) is 8.42 Å². The minimum Gasteiger partial charge on any atom is -0.468 e. The highest BCUT2D eigenvalue weighted by atomic mass is 32.2. The summed E-state index contributed by atoms with van der Waals surface area (Å²) in [5.74, 6) is 0.00612. The Kier molecular flexibility index (Phi) is 7.51. The van der Waals surface area contributed by atoms with Gasteiger partial charge in [0.1, 0.15) is 6.54 Å². The normalized spacial score (nSPS) is 13.3. The predicted octanol–water partition coefficient (Wildman–Crippen LogP) is 3.56. The Morgan fingerprint density at radius 1 is 1.05 bits per heavy atom. The second-order valence-electron chi connectivity index (χ2n) is 8.58. The second-order valence-corrected chi connectivity index (χ2v) is 11.5. The molecule has 0 N–H and O–H groups in total. The van der Waals surface area contributed by atoms with Gasteiger partial charge in [0.05, 0.1) is 22.2 Å². The predicted molar refractivity (Wildman–Crippen MR) is 144 cm³/mol. The first-order valence-corrected chi connectivity index (χ1v) is 14.3. The van der Waals surface area contributed by atoms with Crippen LogP contribution in [0.3, 0.4) is 0 Å². The van der Waals surface area contributed by atoms with Crippen LogP contribution in [0.2, 0.25) is 0 Å². The molecule has 0 aliphatic carbocycles. The largest absolute Gasteiger partial charge is 0.468 e. The molecular formula is C27H25N3O7S2. The number of benzene rings is 3. The average molecular weight is 568 g/mol. The lowest BCUT2D eigenvalue weighted by atomic mass is 10.2. The van der Waals surface area contributed by atoms with Crippen molar-refractivity contribution in [2.75, 3.05) is 20.4 Å². The van der Waals surface area contributed by atoms with Crippen molar-refractivity contribution in [1.82, 2.24) is 8.87 Å². The number of carbonyl (C=O) groups excluding carboxylic acids is 2. The fourth-order valence-corrected chi connectivity index (χ4v) is 6.59. The summed E-state index contributed by atoms with van der Waals surface area (Å²) in [6.07, 6.45) is 0. The molecule has 1 aliphatic rings. The maximum Gasteiger partial charge on any atom is 0.325 e. The Balaban J connectivity index is 1.45. The van der Waals surface area contributed by atoms with E-state index in [4.69, 9.17) is 14.2 Å². The molecule has 1 aromatic heterocycles. The van der Waals surface area contributed by atoms with Gasteiger partial charge in [-0.2, -0.15) is 9.30 Å². The smallest absolute Gasteiger partial charge is 0.325 e. The minimum absolute atomic E-state index is 0.0777. The lowest BCUT2D eigenvalue weighted by Crippen LogP contribution is -2.30. The van der Waals surface area contributed by atoms with E-state index in [2.05, 4.69) is 4.99 Å². The summed E-state index contributed by atoms with van der Waals surface area (Å²) in [5.41, 5.74) is 1.72. The van der Waals surface area contributed by atoms with Crippen LogP contribution >= 0.6 is 11.3 Å². The zero-order valence-electron chi connectivity index (χ0n) is 21.2. The summed E-state index contributed by atoms with van der Waals surface area (Å²) >= 11 is 1.21. The Morgan fingerprint density at radius 3 is 2.41 bits per heavy atom. The lowest BCUT2D eigenvalue weighted by molar-refractivity contribution is -0.141. The number of carbonyl (C=O) groups is 2. The van der Waals surface area contributed by atoms with Crippen LogP contribution in [0.5, 0.6) is 11.5 Å². The monoisotopic (exact) mass is 567 g/mol. The molecule has 2 heterocycles. The molecule has 0 bridgehead atoms. The van der Waals surface area contributed by atoms with Gasteiger partial charge in [-0.05, 0) is 29.8 Å². The molecule has 10 nitrogen and oxygen atoms in total. The van der Waals surface area contributed by atoms with Gasteiger partial charge in [0.15, 0.2) is 16.3 Å². The van der Waals surface area contributed by atoms with Crippen LogP contribution in [0.25, 0.3) is 10.2 Å². The Labute approximate surface area is 228 Å². The maximum atomic E-state index is 13.3. The third-order valence-corrected chi connectivity index (χ3v) is 9.16.